The Hall–Kier alpha value is -1.52. The lowest BCUT2D eigenvalue weighted by Gasteiger charge is -2.19. The highest BCUT2D eigenvalue weighted by Crippen LogP contribution is 2.21. The summed E-state index contributed by atoms with van der Waals surface area (Å²) in [5, 5.41) is 6.78. The summed E-state index contributed by atoms with van der Waals surface area (Å²) < 4.78 is 5.14. The third kappa shape index (κ3) is 7.48. The van der Waals surface area contributed by atoms with E-state index in [0.717, 1.165) is 10.6 Å². The normalized spacial score (nSPS) is 13.1. The van der Waals surface area contributed by atoms with E-state index < -0.39 is 11.7 Å². The molecule has 0 fully saturated rings. The minimum atomic E-state index is -0.472. The Morgan fingerprint density at radius 1 is 1.27 bits per heavy atom. The summed E-state index contributed by atoms with van der Waals surface area (Å²) in [6.45, 7) is 8.71. The van der Waals surface area contributed by atoms with Crippen LogP contribution in [0.15, 0.2) is 36.4 Å². The first-order valence-electron chi connectivity index (χ1n) is 7.39. The maximum absolute atomic E-state index is 11.4. The van der Waals surface area contributed by atoms with Crippen LogP contribution >= 0.6 is 11.6 Å². The molecule has 0 bridgehead atoms. The van der Waals surface area contributed by atoms with Crippen LogP contribution in [-0.4, -0.2) is 24.8 Å². The minimum Gasteiger partial charge on any atom is -0.444 e. The zero-order chi connectivity index (χ0) is 16.6. The Kier molecular flexibility index (Phi) is 7.42. The number of hydrogen-bond acceptors (Lipinski definition) is 3. The van der Waals surface area contributed by atoms with Crippen LogP contribution < -0.4 is 10.6 Å². The molecule has 0 radical (unpaired) electrons. The maximum atomic E-state index is 11.4. The summed E-state index contributed by atoms with van der Waals surface area (Å²) in [5.41, 5.74) is 0.601. The standard InChI is InChI=1S/C17H25ClN2O2/c1-13(14-9-5-6-10-15(14)18)19-11-7-8-12-20-16(21)22-17(2,3)4/h5-10,13,19H,11-12H2,1-4H3,(H,20,21)/b8-7+. The molecule has 1 amide bonds. The smallest absolute Gasteiger partial charge is 0.407 e. The maximum Gasteiger partial charge on any atom is 0.407 e. The van der Waals surface area contributed by atoms with Crippen LogP contribution in [0.5, 0.6) is 0 Å². The molecule has 1 aromatic carbocycles. The van der Waals surface area contributed by atoms with Gasteiger partial charge in [-0.3, -0.25) is 0 Å². The molecule has 0 aliphatic heterocycles. The van der Waals surface area contributed by atoms with Crippen LogP contribution in [0.25, 0.3) is 0 Å². The number of amides is 1. The van der Waals surface area contributed by atoms with Crippen LogP contribution in [0.2, 0.25) is 5.02 Å². The fraction of sp³-hybridized carbons (Fsp3) is 0.471. The Labute approximate surface area is 137 Å². The molecule has 1 aromatic rings. The molecule has 0 heterocycles. The summed E-state index contributed by atoms with van der Waals surface area (Å²) >= 11 is 6.15. The number of ether oxygens (including phenoxy) is 1. The minimum absolute atomic E-state index is 0.164. The summed E-state index contributed by atoms with van der Waals surface area (Å²) in [6, 6.07) is 7.95. The van der Waals surface area contributed by atoms with Gasteiger partial charge in [-0.05, 0) is 39.3 Å². The monoisotopic (exact) mass is 324 g/mol. The number of rotatable bonds is 6. The van der Waals surface area contributed by atoms with E-state index in [2.05, 4.69) is 17.6 Å². The molecule has 22 heavy (non-hydrogen) atoms. The second-order valence-corrected chi connectivity index (χ2v) is 6.41. The summed E-state index contributed by atoms with van der Waals surface area (Å²) in [5.74, 6) is 0. The van der Waals surface area contributed by atoms with Gasteiger partial charge in [0.1, 0.15) is 5.60 Å². The van der Waals surface area contributed by atoms with Gasteiger partial charge in [0.2, 0.25) is 0 Å². The SMILES string of the molecule is CC(NC/C=C/CNC(=O)OC(C)(C)C)c1ccccc1Cl. The Balaban J connectivity index is 2.24. The molecule has 122 valence electrons. The second kappa shape index (κ2) is 8.81. The third-order valence-electron chi connectivity index (χ3n) is 2.84. The largest absolute Gasteiger partial charge is 0.444 e. The lowest BCUT2D eigenvalue weighted by molar-refractivity contribution is 0.0534. The highest BCUT2D eigenvalue weighted by molar-refractivity contribution is 6.31. The zero-order valence-electron chi connectivity index (χ0n) is 13.7. The highest BCUT2D eigenvalue weighted by atomic mass is 35.5. The topological polar surface area (TPSA) is 50.4 Å². The predicted molar refractivity (Wildman–Crippen MR) is 91.2 cm³/mol. The third-order valence-corrected chi connectivity index (χ3v) is 3.19. The summed E-state index contributed by atoms with van der Waals surface area (Å²) in [4.78, 5) is 11.4. The molecule has 1 rings (SSSR count). The molecule has 0 saturated heterocycles. The molecule has 0 aliphatic carbocycles. The molecule has 2 N–H and O–H groups in total. The van der Waals surface area contributed by atoms with E-state index in [4.69, 9.17) is 16.3 Å². The molecule has 0 spiro atoms. The first kappa shape index (κ1) is 18.5. The molecule has 4 nitrogen and oxygen atoms in total. The van der Waals surface area contributed by atoms with Crippen molar-refractivity contribution < 1.29 is 9.53 Å². The number of hydrogen-bond donors (Lipinski definition) is 2. The fourth-order valence-electron chi connectivity index (χ4n) is 1.80. The number of halogens is 1. The van der Waals surface area contributed by atoms with Gasteiger partial charge in [-0.2, -0.15) is 0 Å². The van der Waals surface area contributed by atoms with Crippen molar-refractivity contribution in [3.8, 4) is 0 Å². The van der Waals surface area contributed by atoms with Gasteiger partial charge in [-0.1, -0.05) is 42.0 Å². The molecule has 1 atom stereocenters. The average Bonchev–Trinajstić information content (AvgIpc) is 2.41. The average molecular weight is 325 g/mol. The first-order valence-corrected chi connectivity index (χ1v) is 7.77. The molecule has 1 unspecified atom stereocenters. The van der Waals surface area contributed by atoms with Crippen molar-refractivity contribution in [2.24, 2.45) is 0 Å². The van der Waals surface area contributed by atoms with Gasteiger partial charge in [-0.25, -0.2) is 4.79 Å². The lowest BCUT2D eigenvalue weighted by atomic mass is 10.1. The second-order valence-electron chi connectivity index (χ2n) is 6.01. The van der Waals surface area contributed by atoms with E-state index >= 15 is 0 Å². The van der Waals surface area contributed by atoms with Crippen molar-refractivity contribution in [2.45, 2.75) is 39.3 Å². The molecular formula is C17H25ClN2O2. The number of carbonyl (C=O) groups is 1. The van der Waals surface area contributed by atoms with Crippen molar-refractivity contribution >= 4 is 17.7 Å². The first-order chi connectivity index (χ1) is 10.3. The van der Waals surface area contributed by atoms with E-state index in [9.17, 15) is 4.79 Å². The van der Waals surface area contributed by atoms with Gasteiger partial charge in [-0.15, -0.1) is 0 Å². The fourth-order valence-corrected chi connectivity index (χ4v) is 2.10. The molecular weight excluding hydrogens is 300 g/mol. The molecule has 0 aliphatic rings. The number of carbonyl (C=O) groups excluding carboxylic acids is 1. The number of nitrogens with one attached hydrogen (secondary N) is 2. The summed E-state index contributed by atoms with van der Waals surface area (Å²) in [7, 11) is 0. The zero-order valence-corrected chi connectivity index (χ0v) is 14.4. The molecule has 5 heteroatoms. The van der Waals surface area contributed by atoms with E-state index in [1.165, 1.54) is 0 Å². The van der Waals surface area contributed by atoms with Gasteiger partial charge in [0, 0.05) is 24.2 Å². The van der Waals surface area contributed by atoms with Crippen molar-refractivity contribution in [3.05, 3.63) is 47.0 Å². The van der Waals surface area contributed by atoms with Crippen molar-refractivity contribution in [2.75, 3.05) is 13.1 Å². The summed E-state index contributed by atoms with van der Waals surface area (Å²) in [6.07, 6.45) is 3.44. The van der Waals surface area contributed by atoms with Gasteiger partial charge in [0.15, 0.2) is 0 Å². The quantitative estimate of drug-likeness (QED) is 0.775. The Morgan fingerprint density at radius 3 is 2.55 bits per heavy atom. The Morgan fingerprint density at radius 2 is 1.91 bits per heavy atom. The van der Waals surface area contributed by atoms with E-state index in [0.29, 0.717) is 13.1 Å². The van der Waals surface area contributed by atoms with Crippen LogP contribution in [0.4, 0.5) is 4.79 Å². The van der Waals surface area contributed by atoms with Gasteiger partial charge >= 0.3 is 6.09 Å². The van der Waals surface area contributed by atoms with E-state index in [-0.39, 0.29) is 6.04 Å². The molecule has 0 aromatic heterocycles. The van der Waals surface area contributed by atoms with Gasteiger partial charge in [0.25, 0.3) is 0 Å². The van der Waals surface area contributed by atoms with E-state index in [1.807, 2.05) is 57.2 Å². The van der Waals surface area contributed by atoms with Gasteiger partial charge in [0.05, 0.1) is 0 Å². The van der Waals surface area contributed by atoms with Crippen molar-refractivity contribution in [1.82, 2.24) is 10.6 Å². The van der Waals surface area contributed by atoms with Crippen molar-refractivity contribution in [3.63, 3.8) is 0 Å². The van der Waals surface area contributed by atoms with Crippen LogP contribution in [0, 0.1) is 0 Å². The van der Waals surface area contributed by atoms with Crippen LogP contribution in [0.1, 0.15) is 39.3 Å². The van der Waals surface area contributed by atoms with Crippen LogP contribution in [-0.2, 0) is 4.74 Å². The Bertz CT molecular complexity index is 510. The lowest BCUT2D eigenvalue weighted by Crippen LogP contribution is -2.32. The molecule has 0 saturated carbocycles. The van der Waals surface area contributed by atoms with Crippen molar-refractivity contribution in [1.29, 1.82) is 0 Å². The highest BCUT2D eigenvalue weighted by Gasteiger charge is 2.14. The number of alkyl carbamates (subject to hydrolysis) is 1. The van der Waals surface area contributed by atoms with E-state index in [1.54, 1.807) is 0 Å². The predicted octanol–water partition coefficient (Wildman–Crippen LogP) is 4.07. The number of benzene rings is 1. The van der Waals surface area contributed by atoms with Gasteiger partial charge < -0.3 is 15.4 Å². The van der Waals surface area contributed by atoms with Crippen LogP contribution in [0.3, 0.4) is 0 Å².